The van der Waals surface area contributed by atoms with Crippen molar-refractivity contribution in [2.75, 3.05) is 0 Å². The highest BCUT2D eigenvalue weighted by Gasteiger charge is 2.13. The minimum Gasteiger partial charge on any atom is -0.423 e. The smallest absolute Gasteiger partial charge is 0.343 e. The zero-order chi connectivity index (χ0) is 21.7. The lowest BCUT2D eigenvalue weighted by Crippen LogP contribution is -2.11. The van der Waals surface area contributed by atoms with E-state index in [1.807, 2.05) is 0 Å². The molecule has 0 amide bonds. The highest BCUT2D eigenvalue weighted by molar-refractivity contribution is 6.68. The average molecular weight is 443 g/mol. The molecular weight excluding hydrogens is 431 g/mol. The first-order valence-corrected chi connectivity index (χ1v) is 9.23. The average Bonchev–Trinajstić information content (AvgIpc) is 2.74. The first-order chi connectivity index (χ1) is 14.3. The maximum atomic E-state index is 12.2. The van der Waals surface area contributed by atoms with E-state index in [1.165, 1.54) is 72.8 Å². The van der Waals surface area contributed by atoms with Crippen LogP contribution in [-0.4, -0.2) is 22.4 Å². The topological polar surface area (TPSA) is 86.7 Å². The molecule has 0 bridgehead atoms. The Hall–Kier alpha value is -3.48. The summed E-state index contributed by atoms with van der Waals surface area (Å²) < 4.78 is 10.4. The predicted molar refractivity (Wildman–Crippen MR) is 110 cm³/mol. The minimum absolute atomic E-state index is 0.217. The fourth-order valence-corrected chi connectivity index (χ4v) is 2.63. The summed E-state index contributed by atoms with van der Waals surface area (Å²) in [6, 6.07) is 17.2. The molecule has 0 radical (unpaired) electrons. The fourth-order valence-electron chi connectivity index (χ4n) is 2.38. The number of benzene rings is 3. The quantitative estimate of drug-likeness (QED) is 0.307. The number of hydrogen-bond acceptors (Lipinski definition) is 6. The molecule has 3 aromatic rings. The summed E-state index contributed by atoms with van der Waals surface area (Å²) in [7, 11) is 0. The lowest BCUT2D eigenvalue weighted by atomic mass is 10.1. The maximum Gasteiger partial charge on any atom is 0.343 e. The van der Waals surface area contributed by atoms with Crippen LogP contribution in [0.3, 0.4) is 0 Å². The number of carbonyl (C=O) groups is 4. The van der Waals surface area contributed by atoms with Gasteiger partial charge < -0.3 is 9.47 Å². The number of carbonyl (C=O) groups excluding carboxylic acids is 4. The molecule has 0 aliphatic heterocycles. The van der Waals surface area contributed by atoms with Gasteiger partial charge in [0.05, 0.1) is 11.1 Å². The van der Waals surface area contributed by atoms with Crippen molar-refractivity contribution in [3.63, 3.8) is 0 Å². The van der Waals surface area contributed by atoms with Crippen molar-refractivity contribution in [3.8, 4) is 11.5 Å². The molecule has 150 valence electrons. The molecule has 0 saturated heterocycles. The third kappa shape index (κ3) is 5.31. The van der Waals surface area contributed by atoms with Gasteiger partial charge in [-0.3, -0.25) is 9.59 Å². The molecule has 3 aromatic carbocycles. The summed E-state index contributed by atoms with van der Waals surface area (Å²) in [4.78, 5) is 46.5. The Kier molecular flexibility index (Phi) is 6.61. The second-order valence-electron chi connectivity index (χ2n) is 5.95. The lowest BCUT2D eigenvalue weighted by molar-refractivity contribution is 0.0720. The monoisotopic (exact) mass is 442 g/mol. The molecule has 0 spiro atoms. The molecule has 0 unspecified atom stereocenters. The van der Waals surface area contributed by atoms with Crippen LogP contribution < -0.4 is 9.47 Å². The first-order valence-electron chi connectivity index (χ1n) is 8.48. The second-order valence-corrected chi connectivity index (χ2v) is 6.64. The molecule has 0 N–H and O–H groups in total. The largest absolute Gasteiger partial charge is 0.423 e. The van der Waals surface area contributed by atoms with Gasteiger partial charge in [-0.05, 0) is 96.0 Å². The third-order valence-electron chi connectivity index (χ3n) is 3.94. The van der Waals surface area contributed by atoms with E-state index in [9.17, 15) is 19.2 Å². The Morgan fingerprint density at radius 1 is 0.467 bits per heavy atom. The second kappa shape index (κ2) is 9.35. The molecule has 0 atom stereocenters. The number of ether oxygens (including phenoxy) is 2. The third-order valence-corrected chi connectivity index (χ3v) is 4.38. The van der Waals surface area contributed by atoms with E-state index in [4.69, 9.17) is 32.7 Å². The summed E-state index contributed by atoms with van der Waals surface area (Å²) in [6.45, 7) is 0. The first kappa shape index (κ1) is 21.2. The molecule has 0 saturated carbocycles. The Balaban J connectivity index is 1.63. The van der Waals surface area contributed by atoms with Gasteiger partial charge in [-0.25, -0.2) is 9.59 Å². The fraction of sp³-hybridized carbons (Fsp3) is 0. The van der Waals surface area contributed by atoms with Gasteiger partial charge in [0.2, 0.25) is 0 Å². The Morgan fingerprint density at radius 3 is 1.00 bits per heavy atom. The van der Waals surface area contributed by atoms with Crippen molar-refractivity contribution in [1.82, 2.24) is 0 Å². The van der Waals surface area contributed by atoms with Crippen molar-refractivity contribution >= 4 is 45.6 Å². The van der Waals surface area contributed by atoms with E-state index >= 15 is 0 Å². The van der Waals surface area contributed by atoms with Crippen molar-refractivity contribution in [2.45, 2.75) is 0 Å². The van der Waals surface area contributed by atoms with Gasteiger partial charge >= 0.3 is 11.9 Å². The molecule has 30 heavy (non-hydrogen) atoms. The van der Waals surface area contributed by atoms with E-state index in [1.54, 1.807) is 0 Å². The molecule has 8 heteroatoms. The summed E-state index contributed by atoms with van der Waals surface area (Å²) in [5, 5.41) is -1.22. The van der Waals surface area contributed by atoms with Crippen LogP contribution in [0.1, 0.15) is 41.4 Å². The van der Waals surface area contributed by atoms with Crippen LogP contribution in [0, 0.1) is 0 Å². The van der Waals surface area contributed by atoms with E-state index in [2.05, 4.69) is 0 Å². The molecule has 0 aliphatic rings. The Labute approximate surface area is 180 Å². The highest BCUT2D eigenvalue weighted by Crippen LogP contribution is 2.18. The van der Waals surface area contributed by atoms with Crippen LogP contribution in [0.15, 0.2) is 72.8 Å². The van der Waals surface area contributed by atoms with E-state index < -0.39 is 22.4 Å². The van der Waals surface area contributed by atoms with Crippen LogP contribution in [0.25, 0.3) is 0 Å². The highest BCUT2D eigenvalue weighted by atomic mass is 35.5. The predicted octanol–water partition coefficient (Wildman–Crippen LogP) is 4.88. The van der Waals surface area contributed by atoms with Gasteiger partial charge in [0.1, 0.15) is 11.5 Å². The van der Waals surface area contributed by atoms with E-state index in [0.29, 0.717) is 0 Å². The summed E-state index contributed by atoms with van der Waals surface area (Å²) >= 11 is 10.7. The van der Waals surface area contributed by atoms with Crippen molar-refractivity contribution < 1.29 is 28.7 Å². The minimum atomic E-state index is -0.638. The lowest BCUT2D eigenvalue weighted by Gasteiger charge is -2.07. The summed E-state index contributed by atoms with van der Waals surface area (Å²) in [5.74, 6) is -0.796. The van der Waals surface area contributed by atoms with Crippen molar-refractivity contribution in [3.05, 3.63) is 95.1 Å². The van der Waals surface area contributed by atoms with Gasteiger partial charge in [0.25, 0.3) is 10.5 Å². The molecule has 0 fully saturated rings. The molecule has 0 heterocycles. The Bertz CT molecular complexity index is 1010. The summed E-state index contributed by atoms with van der Waals surface area (Å²) in [6.07, 6.45) is 0. The van der Waals surface area contributed by atoms with Crippen molar-refractivity contribution in [1.29, 1.82) is 0 Å². The summed E-state index contributed by atoms with van der Waals surface area (Å²) in [5.41, 5.74) is 0.995. The van der Waals surface area contributed by atoms with Gasteiger partial charge in [0.15, 0.2) is 0 Å². The molecule has 0 aromatic heterocycles. The maximum absolute atomic E-state index is 12.2. The Morgan fingerprint density at radius 2 is 0.733 bits per heavy atom. The van der Waals surface area contributed by atoms with E-state index in [-0.39, 0.29) is 33.8 Å². The SMILES string of the molecule is O=C(Cl)c1ccc(OC(=O)c2ccc(C(=O)Oc3ccc(C(=O)Cl)cc3)cc2)cc1. The van der Waals surface area contributed by atoms with E-state index in [0.717, 1.165) is 0 Å². The number of rotatable bonds is 6. The van der Waals surface area contributed by atoms with Crippen LogP contribution in [-0.2, 0) is 0 Å². The standard InChI is InChI=1S/C22H12Cl2O6/c23-19(25)13-5-9-17(10-6-13)29-21(27)15-1-2-16(4-3-15)22(28)30-18-11-7-14(8-12-18)20(24)26/h1-12H. The molecule has 6 nitrogen and oxygen atoms in total. The number of halogens is 2. The molecule has 0 aliphatic carbocycles. The van der Waals surface area contributed by atoms with Gasteiger partial charge in [0, 0.05) is 11.1 Å². The normalized spacial score (nSPS) is 10.2. The van der Waals surface area contributed by atoms with Gasteiger partial charge in [-0.2, -0.15) is 0 Å². The molecule has 3 rings (SSSR count). The number of hydrogen-bond donors (Lipinski definition) is 0. The van der Waals surface area contributed by atoms with Crippen LogP contribution >= 0.6 is 23.2 Å². The molecular formula is C22H12Cl2O6. The zero-order valence-corrected chi connectivity index (χ0v) is 16.6. The van der Waals surface area contributed by atoms with Gasteiger partial charge in [-0.15, -0.1) is 0 Å². The number of esters is 2. The van der Waals surface area contributed by atoms with Crippen LogP contribution in [0.4, 0.5) is 0 Å². The van der Waals surface area contributed by atoms with Crippen LogP contribution in [0.5, 0.6) is 11.5 Å². The van der Waals surface area contributed by atoms with Crippen LogP contribution in [0.2, 0.25) is 0 Å². The van der Waals surface area contributed by atoms with Gasteiger partial charge in [-0.1, -0.05) is 0 Å². The zero-order valence-electron chi connectivity index (χ0n) is 15.1. The van der Waals surface area contributed by atoms with Crippen molar-refractivity contribution in [2.24, 2.45) is 0 Å².